The zero-order valence-corrected chi connectivity index (χ0v) is 10.3. The van der Waals surface area contributed by atoms with Gasteiger partial charge < -0.3 is 14.8 Å². The van der Waals surface area contributed by atoms with Crippen LogP contribution in [0.25, 0.3) is 21.8 Å². The second-order valence-electron chi connectivity index (χ2n) is 4.29. The van der Waals surface area contributed by atoms with Gasteiger partial charge in [0, 0.05) is 23.0 Å². The lowest BCUT2D eigenvalue weighted by Gasteiger charge is -1.98. The van der Waals surface area contributed by atoms with Gasteiger partial charge in [0.1, 0.15) is 5.75 Å². The van der Waals surface area contributed by atoms with Crippen molar-refractivity contribution in [3.05, 3.63) is 36.2 Å². The molecule has 0 atom stereocenters. The van der Waals surface area contributed by atoms with Crippen molar-refractivity contribution < 1.29 is 14.6 Å². The number of fused-ring (bicyclic) bond motifs is 3. The standard InChI is InChI=1S/C14H12N2O3/c1-19-8-2-3-9-10-4-5-15-12(7-13(17)18)14(10)16-11(9)6-8/h2-6,16H,7H2,1H3,(H,17,18). The Balaban J connectivity index is 2.29. The zero-order valence-electron chi connectivity index (χ0n) is 10.3. The fourth-order valence-electron chi connectivity index (χ4n) is 2.27. The number of aromatic amines is 1. The lowest BCUT2D eigenvalue weighted by molar-refractivity contribution is -0.136. The topological polar surface area (TPSA) is 75.2 Å². The maximum atomic E-state index is 10.9. The molecule has 0 amide bonds. The van der Waals surface area contributed by atoms with Crippen LogP contribution in [0.5, 0.6) is 5.75 Å². The van der Waals surface area contributed by atoms with Crippen molar-refractivity contribution in [1.82, 2.24) is 9.97 Å². The molecule has 19 heavy (non-hydrogen) atoms. The average Bonchev–Trinajstić information content (AvgIpc) is 2.77. The van der Waals surface area contributed by atoms with Crippen molar-refractivity contribution in [2.75, 3.05) is 7.11 Å². The van der Waals surface area contributed by atoms with E-state index in [2.05, 4.69) is 9.97 Å². The summed E-state index contributed by atoms with van der Waals surface area (Å²) < 4.78 is 5.18. The molecule has 0 aliphatic rings. The zero-order chi connectivity index (χ0) is 13.4. The predicted octanol–water partition coefficient (Wildman–Crippen LogP) is 2.35. The van der Waals surface area contributed by atoms with Crippen molar-refractivity contribution in [2.45, 2.75) is 6.42 Å². The van der Waals surface area contributed by atoms with Crippen LogP contribution in [-0.4, -0.2) is 28.2 Å². The highest BCUT2D eigenvalue weighted by atomic mass is 16.5. The smallest absolute Gasteiger partial charge is 0.309 e. The molecule has 2 heterocycles. The Kier molecular flexibility index (Phi) is 2.59. The summed E-state index contributed by atoms with van der Waals surface area (Å²) in [5, 5.41) is 10.9. The van der Waals surface area contributed by atoms with Crippen LogP contribution >= 0.6 is 0 Å². The van der Waals surface area contributed by atoms with Gasteiger partial charge in [-0.25, -0.2) is 0 Å². The van der Waals surface area contributed by atoms with Gasteiger partial charge in [-0.2, -0.15) is 0 Å². The number of ether oxygens (including phenoxy) is 1. The van der Waals surface area contributed by atoms with E-state index in [4.69, 9.17) is 9.84 Å². The van der Waals surface area contributed by atoms with Crippen molar-refractivity contribution in [2.24, 2.45) is 0 Å². The lowest BCUT2D eigenvalue weighted by atomic mass is 10.1. The van der Waals surface area contributed by atoms with Gasteiger partial charge in [0.25, 0.3) is 0 Å². The molecule has 0 aliphatic carbocycles. The highest BCUT2D eigenvalue weighted by Gasteiger charge is 2.11. The van der Waals surface area contributed by atoms with Crippen molar-refractivity contribution >= 4 is 27.8 Å². The second-order valence-corrected chi connectivity index (χ2v) is 4.29. The first-order valence-electron chi connectivity index (χ1n) is 5.84. The Morgan fingerprint density at radius 1 is 1.37 bits per heavy atom. The number of rotatable bonds is 3. The third-order valence-electron chi connectivity index (χ3n) is 3.12. The number of carboxylic acid groups (broad SMARTS) is 1. The minimum absolute atomic E-state index is 0.0959. The van der Waals surface area contributed by atoms with Crippen LogP contribution < -0.4 is 4.74 Å². The molecule has 5 heteroatoms. The molecule has 2 aromatic heterocycles. The van der Waals surface area contributed by atoms with Crippen LogP contribution in [0.3, 0.4) is 0 Å². The quantitative estimate of drug-likeness (QED) is 0.754. The Bertz CT molecular complexity index is 777. The fraction of sp³-hybridized carbons (Fsp3) is 0.143. The molecular formula is C14H12N2O3. The monoisotopic (exact) mass is 256 g/mol. The molecule has 1 aromatic carbocycles. The first kappa shape index (κ1) is 11.5. The minimum Gasteiger partial charge on any atom is -0.497 e. The summed E-state index contributed by atoms with van der Waals surface area (Å²) in [5.41, 5.74) is 2.22. The highest BCUT2D eigenvalue weighted by Crippen LogP contribution is 2.29. The summed E-state index contributed by atoms with van der Waals surface area (Å²) in [4.78, 5) is 18.2. The van der Waals surface area contributed by atoms with Crippen LogP contribution in [0.4, 0.5) is 0 Å². The first-order valence-corrected chi connectivity index (χ1v) is 5.84. The van der Waals surface area contributed by atoms with E-state index in [1.807, 2.05) is 24.3 Å². The summed E-state index contributed by atoms with van der Waals surface area (Å²) in [6.45, 7) is 0. The number of methoxy groups -OCH3 is 1. The number of aliphatic carboxylic acids is 1. The van der Waals surface area contributed by atoms with E-state index in [0.717, 1.165) is 27.6 Å². The van der Waals surface area contributed by atoms with E-state index in [0.29, 0.717) is 5.69 Å². The molecule has 5 nitrogen and oxygen atoms in total. The number of benzene rings is 1. The molecule has 0 unspecified atom stereocenters. The number of carboxylic acids is 1. The first-order chi connectivity index (χ1) is 9.19. The molecule has 0 spiro atoms. The molecular weight excluding hydrogens is 244 g/mol. The molecule has 3 aromatic rings. The second kappa shape index (κ2) is 4.28. The Hall–Kier alpha value is -2.56. The van der Waals surface area contributed by atoms with E-state index >= 15 is 0 Å². The molecule has 0 fully saturated rings. The minimum atomic E-state index is -0.892. The normalized spacial score (nSPS) is 11.0. The van der Waals surface area contributed by atoms with Gasteiger partial charge in [-0.15, -0.1) is 0 Å². The molecule has 0 radical (unpaired) electrons. The average molecular weight is 256 g/mol. The van der Waals surface area contributed by atoms with Gasteiger partial charge in [-0.3, -0.25) is 9.78 Å². The van der Waals surface area contributed by atoms with Gasteiger partial charge in [0.05, 0.1) is 30.3 Å². The summed E-state index contributed by atoms with van der Waals surface area (Å²) in [5.74, 6) is -0.136. The molecule has 0 saturated heterocycles. The van der Waals surface area contributed by atoms with E-state index in [1.165, 1.54) is 0 Å². The third-order valence-corrected chi connectivity index (χ3v) is 3.12. The van der Waals surface area contributed by atoms with E-state index < -0.39 is 5.97 Å². The van der Waals surface area contributed by atoms with Gasteiger partial charge in [0.2, 0.25) is 0 Å². The summed E-state index contributed by atoms with van der Waals surface area (Å²) >= 11 is 0. The van der Waals surface area contributed by atoms with Crippen LogP contribution in [-0.2, 0) is 11.2 Å². The number of nitrogens with zero attached hydrogens (tertiary/aromatic N) is 1. The van der Waals surface area contributed by atoms with E-state index in [9.17, 15) is 4.79 Å². The lowest BCUT2D eigenvalue weighted by Crippen LogP contribution is -2.02. The van der Waals surface area contributed by atoms with Crippen molar-refractivity contribution in [1.29, 1.82) is 0 Å². The summed E-state index contributed by atoms with van der Waals surface area (Å²) in [6, 6.07) is 7.61. The van der Waals surface area contributed by atoms with E-state index in [1.54, 1.807) is 13.3 Å². The number of aromatic nitrogens is 2. The fourth-order valence-corrected chi connectivity index (χ4v) is 2.27. The van der Waals surface area contributed by atoms with Gasteiger partial charge >= 0.3 is 5.97 Å². The maximum absolute atomic E-state index is 10.9. The number of carbonyl (C=O) groups is 1. The van der Waals surface area contributed by atoms with Crippen LogP contribution in [0.15, 0.2) is 30.5 Å². The number of H-pyrrole nitrogens is 1. The number of pyridine rings is 1. The van der Waals surface area contributed by atoms with Gasteiger partial charge in [-0.1, -0.05) is 0 Å². The summed E-state index contributed by atoms with van der Waals surface area (Å²) in [6.07, 6.45) is 1.54. The molecule has 0 bridgehead atoms. The number of nitrogens with one attached hydrogen (secondary N) is 1. The Morgan fingerprint density at radius 3 is 2.95 bits per heavy atom. The van der Waals surface area contributed by atoms with Gasteiger partial charge in [-0.05, 0) is 18.2 Å². The Labute approximate surface area is 108 Å². The summed E-state index contributed by atoms with van der Waals surface area (Å²) in [7, 11) is 1.61. The van der Waals surface area contributed by atoms with Crippen LogP contribution in [0.1, 0.15) is 5.69 Å². The Morgan fingerprint density at radius 2 is 2.21 bits per heavy atom. The number of hydrogen-bond donors (Lipinski definition) is 2. The predicted molar refractivity (Wildman–Crippen MR) is 71.5 cm³/mol. The highest BCUT2D eigenvalue weighted by molar-refractivity contribution is 6.08. The van der Waals surface area contributed by atoms with Crippen LogP contribution in [0, 0.1) is 0 Å². The van der Waals surface area contributed by atoms with Gasteiger partial charge in [0.15, 0.2) is 0 Å². The molecule has 2 N–H and O–H groups in total. The van der Waals surface area contributed by atoms with Crippen molar-refractivity contribution in [3.63, 3.8) is 0 Å². The van der Waals surface area contributed by atoms with Crippen LogP contribution in [0.2, 0.25) is 0 Å². The third kappa shape index (κ3) is 1.89. The molecule has 3 rings (SSSR count). The number of hydrogen-bond acceptors (Lipinski definition) is 3. The largest absolute Gasteiger partial charge is 0.497 e. The molecule has 0 aliphatic heterocycles. The molecule has 0 saturated carbocycles. The SMILES string of the molecule is COc1ccc2c(c1)[nH]c1c(CC(=O)O)nccc12. The molecule has 96 valence electrons. The van der Waals surface area contributed by atoms with Crippen molar-refractivity contribution in [3.8, 4) is 5.75 Å². The maximum Gasteiger partial charge on any atom is 0.309 e. The van der Waals surface area contributed by atoms with E-state index in [-0.39, 0.29) is 6.42 Å².